The van der Waals surface area contributed by atoms with Gasteiger partial charge in [-0.1, -0.05) is 6.92 Å². The fourth-order valence-electron chi connectivity index (χ4n) is 3.36. The van der Waals surface area contributed by atoms with Gasteiger partial charge in [0.15, 0.2) is 6.54 Å². The molecule has 2 aliphatic rings. The van der Waals surface area contributed by atoms with Gasteiger partial charge in [0.1, 0.15) is 6.04 Å². The fraction of sp³-hybridized carbons (Fsp3) is 0.625. The van der Waals surface area contributed by atoms with Crippen LogP contribution in [0.2, 0.25) is 0 Å². The van der Waals surface area contributed by atoms with Crippen molar-refractivity contribution >= 4 is 23.3 Å². The van der Waals surface area contributed by atoms with Gasteiger partial charge in [-0.2, -0.15) is 0 Å². The molecule has 2 atom stereocenters. The molecule has 1 aromatic rings. The van der Waals surface area contributed by atoms with Gasteiger partial charge in [0, 0.05) is 29.3 Å². The number of carbonyl (C=O) groups is 2. The minimum absolute atomic E-state index is 0.173. The number of hydrogen-bond donors (Lipinski definition) is 3. The molecule has 2 heterocycles. The highest BCUT2D eigenvalue weighted by Gasteiger charge is 2.43. The third kappa shape index (κ3) is 3.50. The number of urea groups is 1. The van der Waals surface area contributed by atoms with E-state index in [-0.39, 0.29) is 11.9 Å². The number of carbonyl (C=O) groups excluding carboxylic acids is 2. The molecule has 0 saturated heterocycles. The number of fused-ring (bicyclic) bond motifs is 1. The molecule has 1 aromatic heterocycles. The maximum Gasteiger partial charge on any atom is 0.321 e. The van der Waals surface area contributed by atoms with E-state index in [1.807, 2.05) is 18.3 Å². The summed E-state index contributed by atoms with van der Waals surface area (Å²) in [5, 5.41) is 7.30. The molecule has 3 rings (SSSR count). The molecule has 5 nitrogen and oxygen atoms in total. The number of thiophene rings is 1. The molecule has 1 unspecified atom stereocenters. The van der Waals surface area contributed by atoms with Crippen LogP contribution in [0.15, 0.2) is 11.4 Å². The van der Waals surface area contributed by atoms with E-state index in [9.17, 15) is 9.59 Å². The third-order valence-electron chi connectivity index (χ3n) is 4.50. The van der Waals surface area contributed by atoms with Crippen LogP contribution >= 0.6 is 11.3 Å². The van der Waals surface area contributed by atoms with Gasteiger partial charge in [-0.15, -0.1) is 11.3 Å². The third-order valence-corrected chi connectivity index (χ3v) is 5.49. The maximum absolute atomic E-state index is 12.1. The first-order valence-electron chi connectivity index (χ1n) is 8.17. The molecule has 0 radical (unpaired) electrons. The van der Waals surface area contributed by atoms with Gasteiger partial charge in [-0.25, -0.2) is 4.79 Å². The molecule has 1 saturated carbocycles. The van der Waals surface area contributed by atoms with Crippen molar-refractivity contribution in [2.45, 2.75) is 38.6 Å². The Kier molecular flexibility index (Phi) is 4.78. The molecule has 0 aromatic carbocycles. The zero-order chi connectivity index (χ0) is 15.5. The predicted molar refractivity (Wildman–Crippen MR) is 86.0 cm³/mol. The second kappa shape index (κ2) is 6.79. The number of nitrogens with one attached hydrogen (secondary N) is 3. The summed E-state index contributed by atoms with van der Waals surface area (Å²) in [6, 6.07) is 2.30. The molecular weight excluding hydrogens is 298 g/mol. The van der Waals surface area contributed by atoms with Crippen molar-refractivity contribution in [2.24, 2.45) is 5.92 Å². The summed E-state index contributed by atoms with van der Waals surface area (Å²) in [5.41, 5.74) is 1.44. The lowest BCUT2D eigenvalue weighted by molar-refractivity contribution is -0.928. The SMILES string of the molecule is CCCNC(=O)NC(=O)C[NH+]1CCc2sccc2[C@@H]1C1CC1. The van der Waals surface area contributed by atoms with Crippen LogP contribution in [0.3, 0.4) is 0 Å². The molecule has 120 valence electrons. The zero-order valence-electron chi connectivity index (χ0n) is 13.0. The van der Waals surface area contributed by atoms with Crippen LogP contribution < -0.4 is 15.5 Å². The lowest BCUT2D eigenvalue weighted by atomic mass is 9.96. The monoisotopic (exact) mass is 322 g/mol. The summed E-state index contributed by atoms with van der Waals surface area (Å²) in [6.07, 6.45) is 4.44. The molecule has 0 bridgehead atoms. The van der Waals surface area contributed by atoms with Crippen LogP contribution in [-0.2, 0) is 11.2 Å². The van der Waals surface area contributed by atoms with Crippen molar-refractivity contribution in [1.82, 2.24) is 10.6 Å². The Labute approximate surface area is 135 Å². The van der Waals surface area contributed by atoms with Crippen LogP contribution in [0.25, 0.3) is 0 Å². The summed E-state index contributed by atoms with van der Waals surface area (Å²) >= 11 is 1.84. The van der Waals surface area contributed by atoms with Crippen molar-refractivity contribution < 1.29 is 14.5 Å². The van der Waals surface area contributed by atoms with Crippen LogP contribution in [-0.4, -0.2) is 31.6 Å². The Morgan fingerprint density at radius 1 is 1.41 bits per heavy atom. The molecule has 0 spiro atoms. The molecule has 3 N–H and O–H groups in total. The molecule has 6 heteroatoms. The van der Waals surface area contributed by atoms with E-state index >= 15 is 0 Å². The summed E-state index contributed by atoms with van der Waals surface area (Å²) in [7, 11) is 0. The zero-order valence-corrected chi connectivity index (χ0v) is 13.8. The summed E-state index contributed by atoms with van der Waals surface area (Å²) in [6.45, 7) is 3.95. The van der Waals surface area contributed by atoms with Gasteiger partial charge in [-0.05, 0) is 30.7 Å². The van der Waals surface area contributed by atoms with Gasteiger partial charge >= 0.3 is 6.03 Å². The lowest BCUT2D eigenvalue weighted by Gasteiger charge is -2.32. The Morgan fingerprint density at radius 3 is 2.95 bits per heavy atom. The first kappa shape index (κ1) is 15.5. The summed E-state index contributed by atoms with van der Waals surface area (Å²) in [5.74, 6) is 0.540. The number of amides is 3. The fourth-order valence-corrected chi connectivity index (χ4v) is 4.29. The predicted octanol–water partition coefficient (Wildman–Crippen LogP) is 0.876. The van der Waals surface area contributed by atoms with Crippen molar-refractivity contribution in [3.05, 3.63) is 21.9 Å². The van der Waals surface area contributed by atoms with Crippen LogP contribution in [0.1, 0.15) is 42.7 Å². The second-order valence-corrected chi connectivity index (χ2v) is 7.25. The molecular formula is C16H24N3O2S+. The molecule has 1 aliphatic heterocycles. The van der Waals surface area contributed by atoms with Crippen molar-refractivity contribution in [3.63, 3.8) is 0 Å². The van der Waals surface area contributed by atoms with Gasteiger partial charge in [0.25, 0.3) is 5.91 Å². The number of rotatable bonds is 5. The molecule has 1 aliphatic carbocycles. The highest BCUT2D eigenvalue weighted by atomic mass is 32.1. The highest BCUT2D eigenvalue weighted by Crippen LogP contribution is 2.42. The van der Waals surface area contributed by atoms with E-state index in [1.54, 1.807) is 0 Å². The number of hydrogen-bond acceptors (Lipinski definition) is 3. The first-order valence-corrected chi connectivity index (χ1v) is 9.05. The van der Waals surface area contributed by atoms with E-state index in [0.717, 1.165) is 19.4 Å². The largest absolute Gasteiger partial charge is 0.338 e. The Hall–Kier alpha value is -1.40. The number of quaternary nitrogens is 1. The normalized spacial score (nSPS) is 23.7. The minimum atomic E-state index is -0.373. The average molecular weight is 322 g/mol. The van der Waals surface area contributed by atoms with Crippen molar-refractivity contribution in [1.29, 1.82) is 0 Å². The Morgan fingerprint density at radius 2 is 2.23 bits per heavy atom. The minimum Gasteiger partial charge on any atom is -0.338 e. The molecule has 1 fully saturated rings. The topological polar surface area (TPSA) is 62.6 Å². The second-order valence-electron chi connectivity index (χ2n) is 6.25. The standard InChI is InChI=1S/C16H23N3O2S/c1-2-7-17-16(21)18-14(20)10-19-8-5-13-12(6-9-22-13)15(19)11-3-4-11/h6,9,11,15H,2-5,7-8,10H2,1H3,(H2,17,18,20,21)/p+1/t15-/m0/s1. The van der Waals surface area contributed by atoms with Crippen LogP contribution in [0.5, 0.6) is 0 Å². The van der Waals surface area contributed by atoms with E-state index in [0.29, 0.717) is 25.0 Å². The highest BCUT2D eigenvalue weighted by molar-refractivity contribution is 7.10. The molecule has 3 amide bonds. The maximum atomic E-state index is 12.1. The van der Waals surface area contributed by atoms with Crippen molar-refractivity contribution in [3.8, 4) is 0 Å². The Balaban J connectivity index is 1.60. The van der Waals surface area contributed by atoms with E-state index in [4.69, 9.17) is 0 Å². The lowest BCUT2D eigenvalue weighted by Crippen LogP contribution is -3.14. The molecule has 22 heavy (non-hydrogen) atoms. The van der Waals surface area contributed by atoms with E-state index in [2.05, 4.69) is 22.1 Å². The van der Waals surface area contributed by atoms with Gasteiger partial charge < -0.3 is 10.2 Å². The summed E-state index contributed by atoms with van der Waals surface area (Å²) in [4.78, 5) is 26.5. The van der Waals surface area contributed by atoms with Gasteiger partial charge in [0.05, 0.1) is 6.54 Å². The smallest absolute Gasteiger partial charge is 0.321 e. The average Bonchev–Trinajstić information content (AvgIpc) is 3.21. The first-order chi connectivity index (χ1) is 10.7. The van der Waals surface area contributed by atoms with Crippen LogP contribution in [0.4, 0.5) is 4.79 Å². The van der Waals surface area contributed by atoms with Crippen LogP contribution in [0, 0.1) is 5.92 Å². The van der Waals surface area contributed by atoms with Gasteiger partial charge in [0.2, 0.25) is 0 Å². The van der Waals surface area contributed by atoms with E-state index < -0.39 is 0 Å². The Bertz CT molecular complexity index is 553. The quantitative estimate of drug-likeness (QED) is 0.753. The van der Waals surface area contributed by atoms with E-state index in [1.165, 1.54) is 28.2 Å². The van der Waals surface area contributed by atoms with Gasteiger partial charge in [-0.3, -0.25) is 10.1 Å². The summed E-state index contributed by atoms with van der Waals surface area (Å²) < 4.78 is 0. The van der Waals surface area contributed by atoms with Crippen molar-refractivity contribution in [2.75, 3.05) is 19.6 Å². The number of imide groups is 1.